The predicted molar refractivity (Wildman–Crippen MR) is 120 cm³/mol. The van der Waals surface area contributed by atoms with E-state index < -0.39 is 17.8 Å². The minimum atomic E-state index is -4.81. The van der Waals surface area contributed by atoms with Gasteiger partial charge in [0.2, 0.25) is 5.95 Å². The Labute approximate surface area is 192 Å². The molecule has 33 heavy (non-hydrogen) atoms. The SMILES string of the molecule is Nc1nc(-c2ccc(OCc3ccccc3)cc2O)c(-c2ccc(Cl)cc2)c(C(F)(F)F)n1. The molecule has 0 aliphatic carbocycles. The highest BCUT2D eigenvalue weighted by Gasteiger charge is 2.38. The topological polar surface area (TPSA) is 81.3 Å². The van der Waals surface area contributed by atoms with E-state index in [0.717, 1.165) is 5.56 Å². The van der Waals surface area contributed by atoms with Gasteiger partial charge >= 0.3 is 6.18 Å². The molecule has 1 heterocycles. The number of benzene rings is 3. The number of aromatic nitrogens is 2. The standard InChI is InChI=1S/C24H17ClF3N3O2/c25-16-8-6-15(7-9-16)20-21(30-23(29)31-22(20)24(26,27)28)18-11-10-17(12-19(18)32)33-13-14-4-2-1-3-5-14/h1-12,32H,13H2,(H2,29,30,31). The Hall–Kier alpha value is -3.78. The maximum atomic E-state index is 13.9. The molecule has 1 aromatic heterocycles. The van der Waals surface area contributed by atoms with Crippen LogP contribution in [0, 0.1) is 0 Å². The van der Waals surface area contributed by atoms with Gasteiger partial charge in [0.15, 0.2) is 5.69 Å². The first-order chi connectivity index (χ1) is 15.7. The van der Waals surface area contributed by atoms with Crippen molar-refractivity contribution >= 4 is 17.5 Å². The highest BCUT2D eigenvalue weighted by Crippen LogP contribution is 2.44. The molecule has 3 N–H and O–H groups in total. The normalized spacial score (nSPS) is 11.4. The van der Waals surface area contributed by atoms with Crippen LogP contribution in [0.2, 0.25) is 5.02 Å². The van der Waals surface area contributed by atoms with Gasteiger partial charge in [-0.2, -0.15) is 13.2 Å². The summed E-state index contributed by atoms with van der Waals surface area (Å²) in [5.74, 6) is -0.549. The van der Waals surface area contributed by atoms with Crippen molar-refractivity contribution in [3.63, 3.8) is 0 Å². The summed E-state index contributed by atoms with van der Waals surface area (Å²) in [6.45, 7) is 0.258. The number of ether oxygens (including phenoxy) is 1. The third-order valence-electron chi connectivity index (χ3n) is 4.80. The van der Waals surface area contributed by atoms with Crippen molar-refractivity contribution in [2.24, 2.45) is 0 Å². The van der Waals surface area contributed by atoms with E-state index in [2.05, 4.69) is 9.97 Å². The number of alkyl halides is 3. The molecule has 0 saturated heterocycles. The van der Waals surface area contributed by atoms with E-state index in [1.54, 1.807) is 0 Å². The van der Waals surface area contributed by atoms with Gasteiger partial charge in [-0.15, -0.1) is 0 Å². The van der Waals surface area contributed by atoms with Crippen LogP contribution >= 0.6 is 11.6 Å². The number of nitrogen functional groups attached to an aromatic ring is 1. The van der Waals surface area contributed by atoms with Crippen molar-refractivity contribution in [3.05, 3.63) is 89.1 Å². The fourth-order valence-electron chi connectivity index (χ4n) is 3.31. The van der Waals surface area contributed by atoms with Gasteiger partial charge < -0.3 is 15.6 Å². The summed E-state index contributed by atoms with van der Waals surface area (Å²) in [7, 11) is 0. The molecule has 0 atom stereocenters. The number of hydrogen-bond acceptors (Lipinski definition) is 5. The Kier molecular flexibility index (Phi) is 6.11. The summed E-state index contributed by atoms with van der Waals surface area (Å²) in [6.07, 6.45) is -4.81. The van der Waals surface area contributed by atoms with Crippen LogP contribution in [0.3, 0.4) is 0 Å². The smallest absolute Gasteiger partial charge is 0.434 e. The van der Waals surface area contributed by atoms with Gasteiger partial charge in [-0.05, 0) is 35.4 Å². The first-order valence-corrected chi connectivity index (χ1v) is 10.1. The summed E-state index contributed by atoms with van der Waals surface area (Å²) in [4.78, 5) is 7.48. The van der Waals surface area contributed by atoms with Gasteiger partial charge in [0.25, 0.3) is 0 Å². The van der Waals surface area contributed by atoms with Crippen LogP contribution in [0.1, 0.15) is 11.3 Å². The summed E-state index contributed by atoms with van der Waals surface area (Å²) >= 11 is 5.90. The summed E-state index contributed by atoms with van der Waals surface area (Å²) < 4.78 is 47.3. The second kappa shape index (κ2) is 8.99. The summed E-state index contributed by atoms with van der Waals surface area (Å²) in [5.41, 5.74) is 5.05. The number of nitrogens with two attached hydrogens (primary N) is 1. The van der Waals surface area contributed by atoms with Crippen LogP contribution in [-0.4, -0.2) is 15.1 Å². The number of hydrogen-bond donors (Lipinski definition) is 2. The van der Waals surface area contributed by atoms with Crippen molar-refractivity contribution < 1.29 is 23.0 Å². The molecule has 3 aromatic carbocycles. The molecular formula is C24H17ClF3N3O2. The second-order valence-corrected chi connectivity index (χ2v) is 7.55. The molecule has 0 spiro atoms. The van der Waals surface area contributed by atoms with Crippen LogP contribution in [0.4, 0.5) is 19.1 Å². The molecule has 0 radical (unpaired) electrons. The monoisotopic (exact) mass is 471 g/mol. The van der Waals surface area contributed by atoms with Crippen molar-refractivity contribution in [3.8, 4) is 33.9 Å². The van der Waals surface area contributed by atoms with Gasteiger partial charge in [0.1, 0.15) is 18.1 Å². The Bertz CT molecular complexity index is 1280. The van der Waals surface area contributed by atoms with Gasteiger partial charge in [0, 0.05) is 22.2 Å². The maximum absolute atomic E-state index is 13.9. The Balaban J connectivity index is 1.79. The quantitative estimate of drug-likeness (QED) is 0.354. The summed E-state index contributed by atoms with van der Waals surface area (Å²) in [6, 6.07) is 19.4. The molecule has 168 valence electrons. The first-order valence-electron chi connectivity index (χ1n) is 9.73. The molecule has 4 rings (SSSR count). The lowest BCUT2D eigenvalue weighted by Crippen LogP contribution is -2.14. The molecule has 0 fully saturated rings. The number of rotatable bonds is 5. The minimum absolute atomic E-state index is 0.0478. The highest BCUT2D eigenvalue weighted by atomic mass is 35.5. The number of aromatic hydroxyl groups is 1. The van der Waals surface area contributed by atoms with E-state index in [-0.39, 0.29) is 34.7 Å². The number of nitrogens with zero attached hydrogens (tertiary/aromatic N) is 2. The number of phenols is 1. The van der Waals surface area contributed by atoms with Crippen LogP contribution in [0.25, 0.3) is 22.4 Å². The van der Waals surface area contributed by atoms with Crippen molar-refractivity contribution in [1.29, 1.82) is 0 Å². The molecule has 0 saturated carbocycles. The molecule has 0 amide bonds. The van der Waals surface area contributed by atoms with Crippen LogP contribution in [0.15, 0.2) is 72.8 Å². The van der Waals surface area contributed by atoms with E-state index in [1.807, 2.05) is 30.3 Å². The van der Waals surface area contributed by atoms with Crippen LogP contribution in [-0.2, 0) is 12.8 Å². The molecule has 5 nitrogen and oxygen atoms in total. The van der Waals surface area contributed by atoms with E-state index in [1.165, 1.54) is 42.5 Å². The molecule has 0 bridgehead atoms. The van der Waals surface area contributed by atoms with Crippen LogP contribution in [0.5, 0.6) is 11.5 Å². The van der Waals surface area contributed by atoms with E-state index >= 15 is 0 Å². The predicted octanol–water partition coefficient (Wildman–Crippen LogP) is 6.35. The average Bonchev–Trinajstić information content (AvgIpc) is 2.78. The first kappa shape index (κ1) is 22.4. The van der Waals surface area contributed by atoms with Crippen LogP contribution < -0.4 is 10.5 Å². The lowest BCUT2D eigenvalue weighted by Gasteiger charge is -2.17. The number of halogens is 4. The van der Waals surface area contributed by atoms with Gasteiger partial charge in [-0.1, -0.05) is 54.1 Å². The zero-order valence-corrected chi connectivity index (χ0v) is 17.7. The van der Waals surface area contributed by atoms with E-state index in [0.29, 0.717) is 10.8 Å². The van der Waals surface area contributed by atoms with Gasteiger partial charge in [0.05, 0.1) is 5.69 Å². The minimum Gasteiger partial charge on any atom is -0.507 e. The van der Waals surface area contributed by atoms with Crippen molar-refractivity contribution in [2.75, 3.05) is 5.73 Å². The van der Waals surface area contributed by atoms with Crippen molar-refractivity contribution in [1.82, 2.24) is 9.97 Å². The van der Waals surface area contributed by atoms with Gasteiger partial charge in [-0.25, -0.2) is 9.97 Å². The largest absolute Gasteiger partial charge is 0.507 e. The molecule has 0 aliphatic heterocycles. The number of anilines is 1. The third-order valence-corrected chi connectivity index (χ3v) is 5.05. The Morgan fingerprint density at radius 1 is 0.939 bits per heavy atom. The molecule has 0 unspecified atom stereocenters. The molecular weight excluding hydrogens is 455 g/mol. The fraction of sp³-hybridized carbons (Fsp3) is 0.0833. The average molecular weight is 472 g/mol. The zero-order valence-electron chi connectivity index (χ0n) is 17.0. The molecule has 9 heteroatoms. The molecule has 4 aromatic rings. The third kappa shape index (κ3) is 5.01. The lowest BCUT2D eigenvalue weighted by molar-refractivity contribution is -0.140. The number of phenolic OH excluding ortho intramolecular Hbond substituents is 1. The van der Waals surface area contributed by atoms with E-state index in [4.69, 9.17) is 22.1 Å². The summed E-state index contributed by atoms with van der Waals surface area (Å²) in [5, 5.41) is 11.0. The lowest BCUT2D eigenvalue weighted by atomic mass is 9.96. The van der Waals surface area contributed by atoms with Gasteiger partial charge in [-0.3, -0.25) is 0 Å². The fourth-order valence-corrected chi connectivity index (χ4v) is 3.44. The van der Waals surface area contributed by atoms with Crippen molar-refractivity contribution in [2.45, 2.75) is 12.8 Å². The Morgan fingerprint density at radius 2 is 1.64 bits per heavy atom. The zero-order chi connectivity index (χ0) is 23.6. The Morgan fingerprint density at radius 3 is 2.27 bits per heavy atom. The molecule has 0 aliphatic rings. The maximum Gasteiger partial charge on any atom is 0.434 e. The highest BCUT2D eigenvalue weighted by molar-refractivity contribution is 6.30. The second-order valence-electron chi connectivity index (χ2n) is 7.11. The van der Waals surface area contributed by atoms with E-state index in [9.17, 15) is 18.3 Å².